The molecule has 0 aliphatic carbocycles. The summed E-state index contributed by atoms with van der Waals surface area (Å²) in [6.45, 7) is 1.53. The molecule has 1 unspecified atom stereocenters. The molecule has 281 valence electrons. The Hall–Kier alpha value is -5.14. The Balaban J connectivity index is 0.000000293. The number of hydrogen-bond donors (Lipinski definition) is 4. The van der Waals surface area contributed by atoms with Crippen LogP contribution in [0.3, 0.4) is 0 Å². The van der Waals surface area contributed by atoms with E-state index in [-0.39, 0.29) is 97.1 Å². The molecule has 6 aromatic rings. The van der Waals surface area contributed by atoms with Gasteiger partial charge in [0, 0.05) is 31.7 Å². The van der Waals surface area contributed by atoms with Gasteiger partial charge >= 0.3 is 46.9 Å². The van der Waals surface area contributed by atoms with Crippen LogP contribution in [0.2, 0.25) is 0 Å². The summed E-state index contributed by atoms with van der Waals surface area (Å²) in [4.78, 5) is 3.14. The molecule has 0 bridgehead atoms. The Bertz CT molecular complexity index is 2750. The van der Waals surface area contributed by atoms with Gasteiger partial charge in [-0.3, -0.25) is 8.99 Å². The van der Waals surface area contributed by atoms with Crippen LogP contribution in [0, 0.1) is 11.7 Å². The number of nitrogens with one attached hydrogen (secondary N) is 1. The predicted octanol–water partition coefficient (Wildman–Crippen LogP) is 2.56. The SMILES string of the molecule is COC([O-])=Nc1cccc2ccc([O-])c(N=Nc3cc(S(=N)(=O)[O-])ccc3[O-])c12.Cc1cc(N=Nc2ccc3ccccc3c2O)c(O)cc1S(N)(=O)=O.[Cr+3].[Na+]. The molecule has 0 aliphatic heterocycles. The van der Waals surface area contributed by atoms with E-state index in [1.54, 1.807) is 36.4 Å². The molecule has 1 radical (unpaired) electrons. The third kappa shape index (κ3) is 10.6. The minimum atomic E-state index is -4.31. The zero-order valence-electron chi connectivity index (χ0n) is 29.4. The number of nitrogens with two attached hydrogens (primary N) is 1. The number of benzene rings is 6. The van der Waals surface area contributed by atoms with E-state index in [9.17, 15) is 42.7 Å². The molecule has 0 fully saturated rings. The fraction of sp³-hybridized carbons (Fsp3) is 0.0571. The maximum absolute atomic E-state index is 12.4. The average Bonchev–Trinajstić information content (AvgIpc) is 3.12. The normalized spacial score (nSPS) is 12.8. The van der Waals surface area contributed by atoms with Crippen molar-refractivity contribution in [3.63, 3.8) is 0 Å². The van der Waals surface area contributed by atoms with Crippen molar-refractivity contribution >= 4 is 76.1 Å². The van der Waals surface area contributed by atoms with Gasteiger partial charge in [-0.1, -0.05) is 72.2 Å². The number of phenolic OH excluding ortho intramolecular Hbond substituents is 2. The molecule has 5 N–H and O–H groups in total. The number of ether oxygens (including phenoxy) is 1. The maximum atomic E-state index is 12.4. The van der Waals surface area contributed by atoms with Crippen LogP contribution in [0.1, 0.15) is 5.56 Å². The first-order chi connectivity index (χ1) is 25.5. The van der Waals surface area contributed by atoms with Gasteiger partial charge in [-0.15, -0.1) is 10.2 Å². The number of aryl methyl sites for hydroxylation is 1. The molecule has 6 rings (SSSR count). The molecule has 21 heteroatoms. The maximum Gasteiger partial charge on any atom is 3.00 e. The van der Waals surface area contributed by atoms with Gasteiger partial charge in [0.05, 0.1) is 22.0 Å². The van der Waals surface area contributed by atoms with Crippen LogP contribution in [-0.2, 0) is 42.1 Å². The molecule has 0 aliphatic rings. The Morgan fingerprint density at radius 2 is 1.39 bits per heavy atom. The first-order valence-electron chi connectivity index (χ1n) is 15.2. The zero-order chi connectivity index (χ0) is 39.4. The Labute approximate surface area is 352 Å². The summed E-state index contributed by atoms with van der Waals surface area (Å²) in [5.41, 5.74) is 0.188. The van der Waals surface area contributed by atoms with Crippen LogP contribution < -0.4 is 50.0 Å². The quantitative estimate of drug-likeness (QED) is 0.0788. The molecule has 1 atom stereocenters. The van der Waals surface area contributed by atoms with Crippen LogP contribution in [0.15, 0.2) is 132 Å². The zero-order valence-corrected chi connectivity index (χ0v) is 34.3. The predicted molar refractivity (Wildman–Crippen MR) is 191 cm³/mol. The number of sulfonamides is 1. The van der Waals surface area contributed by atoms with E-state index in [4.69, 9.17) is 9.92 Å². The Morgan fingerprint density at radius 3 is 2.07 bits per heavy atom. The average molecular weight is 845 g/mol. The van der Waals surface area contributed by atoms with E-state index < -0.39 is 42.5 Å². The summed E-state index contributed by atoms with van der Waals surface area (Å²) in [6, 6.07) is 23.4. The van der Waals surface area contributed by atoms with E-state index in [0.717, 1.165) is 36.8 Å². The largest absolute Gasteiger partial charge is 3.00 e. The summed E-state index contributed by atoms with van der Waals surface area (Å²) in [6.07, 6.45) is -0.883. The van der Waals surface area contributed by atoms with Gasteiger partial charge in [-0.05, 0) is 60.7 Å². The van der Waals surface area contributed by atoms with E-state index in [1.165, 1.54) is 31.2 Å². The van der Waals surface area contributed by atoms with Crippen LogP contribution in [-0.4, -0.2) is 40.6 Å². The fourth-order valence-electron chi connectivity index (χ4n) is 4.99. The molecule has 0 spiro atoms. The van der Waals surface area contributed by atoms with Crippen molar-refractivity contribution in [2.24, 2.45) is 30.6 Å². The number of azo groups is 2. The van der Waals surface area contributed by atoms with E-state index >= 15 is 0 Å². The van der Waals surface area contributed by atoms with Gasteiger partial charge in [-0.2, -0.15) is 10.2 Å². The molecule has 0 saturated carbocycles. The second-order valence-electron chi connectivity index (χ2n) is 11.2. The first kappa shape index (κ1) is 45.3. The molecular weight excluding hydrogens is 818 g/mol. The molecule has 0 aromatic heterocycles. The van der Waals surface area contributed by atoms with Crippen molar-refractivity contribution < 1.29 is 94.4 Å². The van der Waals surface area contributed by atoms with Crippen LogP contribution in [0.4, 0.5) is 28.4 Å². The molecule has 0 saturated heterocycles. The first-order valence-corrected chi connectivity index (χ1v) is 18.2. The summed E-state index contributed by atoms with van der Waals surface area (Å²) in [5, 5.41) is 78.8. The third-order valence-corrected chi connectivity index (χ3v) is 9.49. The smallest absolute Gasteiger partial charge is 0.871 e. The van der Waals surface area contributed by atoms with E-state index in [0.29, 0.717) is 16.3 Å². The number of fused-ring (bicyclic) bond motifs is 2. The number of phenols is 2. The van der Waals surface area contributed by atoms with Gasteiger partial charge in [0.25, 0.3) is 0 Å². The second kappa shape index (κ2) is 18.7. The topological polar surface area (TPSA) is 305 Å². The second-order valence-corrected chi connectivity index (χ2v) is 14.2. The Morgan fingerprint density at radius 1 is 0.768 bits per heavy atom. The van der Waals surface area contributed by atoms with Crippen molar-refractivity contribution in [2.75, 3.05) is 7.11 Å². The molecule has 0 heterocycles. The van der Waals surface area contributed by atoms with Crippen molar-refractivity contribution in [2.45, 2.75) is 16.7 Å². The van der Waals surface area contributed by atoms with E-state index in [2.05, 4.69) is 30.2 Å². The summed E-state index contributed by atoms with van der Waals surface area (Å²) in [5.74, 6) is -1.60. The van der Waals surface area contributed by atoms with Crippen LogP contribution in [0.25, 0.3) is 21.5 Å². The van der Waals surface area contributed by atoms with Crippen molar-refractivity contribution in [3.8, 4) is 23.0 Å². The number of aromatic hydroxyl groups is 2. The molecule has 0 amide bonds. The van der Waals surface area contributed by atoms with Crippen molar-refractivity contribution in [1.29, 1.82) is 4.78 Å². The number of methoxy groups -OCH3 is 1. The molecule has 6 aromatic carbocycles. The number of primary sulfonamides is 1. The van der Waals surface area contributed by atoms with E-state index in [1.807, 2.05) is 12.1 Å². The molecular formula is C35H27CrN7NaO10S2. The number of rotatable bonds is 7. The van der Waals surface area contributed by atoms with Crippen molar-refractivity contribution in [3.05, 3.63) is 103 Å². The van der Waals surface area contributed by atoms with Gasteiger partial charge in [0.2, 0.25) is 10.0 Å². The number of hydrogen-bond acceptors (Lipinski definition) is 16. The van der Waals surface area contributed by atoms with Gasteiger partial charge in [0.1, 0.15) is 17.1 Å². The van der Waals surface area contributed by atoms with Gasteiger partial charge < -0.3 is 34.8 Å². The molecule has 56 heavy (non-hydrogen) atoms. The van der Waals surface area contributed by atoms with Crippen LogP contribution in [0.5, 0.6) is 23.0 Å². The summed E-state index contributed by atoms with van der Waals surface area (Å²) < 4.78 is 57.2. The third-order valence-electron chi connectivity index (χ3n) is 7.57. The van der Waals surface area contributed by atoms with Crippen molar-refractivity contribution in [1.82, 2.24) is 0 Å². The standard InChI is InChI=1S/C18H16N4O6S.C17H15N3O4S.Cr.Na/c1-28-18(25)20-12-4-2-3-10-5-7-15(24)17(16(10)12)22-21-13-9-11(29(19,26)27)6-8-14(13)23;1-10-8-14(15(21)9-16(10)25(18,23)24)20-19-13-7-6-11-4-2-3-5-12(11)17(13)22;;/h2-9,23-24H,1H3,(H,20,25)(H2,19,26,27);2-9,21-22H,1H3,(H2,18,23,24);;/q;;+3;+1/p-4. The minimum absolute atomic E-state index is 0. The van der Waals surface area contributed by atoms with Gasteiger partial charge in [0.15, 0.2) is 11.8 Å². The Kier molecular flexibility index (Phi) is 15.1. The van der Waals surface area contributed by atoms with Crippen LogP contribution >= 0.6 is 0 Å². The number of aliphatic imine (C=N–C) groups is 1. The number of nitrogens with zero attached hydrogens (tertiary/aromatic N) is 5. The fourth-order valence-corrected chi connectivity index (χ4v) is 6.28. The molecule has 17 nitrogen and oxygen atoms in total. The monoisotopic (exact) mass is 844 g/mol. The minimum Gasteiger partial charge on any atom is -0.871 e. The van der Waals surface area contributed by atoms with Gasteiger partial charge in [-0.25, -0.2) is 18.5 Å². The summed E-state index contributed by atoms with van der Waals surface area (Å²) >= 11 is 0. The summed E-state index contributed by atoms with van der Waals surface area (Å²) in [7, 11) is -7.10.